The maximum absolute atomic E-state index is 16.4. The Morgan fingerprint density at radius 2 is 1.66 bits per heavy atom. The summed E-state index contributed by atoms with van der Waals surface area (Å²) in [7, 11) is 4.87. The van der Waals surface area contributed by atoms with E-state index in [9.17, 15) is 19.2 Å². The zero-order chi connectivity index (χ0) is 42.2. The first kappa shape index (κ1) is 40.4. The number of likely N-dealkylation sites (tertiary alicyclic amines) is 1. The van der Waals surface area contributed by atoms with Crippen LogP contribution in [0.25, 0.3) is 44.1 Å². The van der Waals surface area contributed by atoms with Gasteiger partial charge in [-0.25, -0.2) is 42.8 Å². The molecule has 308 valence electrons. The molecule has 2 saturated heterocycles. The van der Waals surface area contributed by atoms with Crippen molar-refractivity contribution in [2.45, 2.75) is 72.1 Å². The number of rotatable bonds is 6. The Bertz CT molecular complexity index is 2560. The Morgan fingerprint density at radius 3 is 2.33 bits per heavy atom. The van der Waals surface area contributed by atoms with Crippen LogP contribution in [0.5, 0.6) is 0 Å². The van der Waals surface area contributed by atoms with Gasteiger partial charge in [0.25, 0.3) is 0 Å². The van der Waals surface area contributed by atoms with Gasteiger partial charge >= 0.3 is 18.2 Å². The fourth-order valence-electron chi connectivity index (χ4n) is 7.92. The number of fused-ring (bicyclic) bond motifs is 5. The molecule has 2 amide bonds. The second-order valence-corrected chi connectivity index (χ2v) is 16.9. The SMILES string of the molecule is CCOC(=O)c1cn(N(C)C(=O)OC(C)(C)C)c2ncc(-c3cnc4[nH]c5c(N(C)C(=O)OC(C)(C)C)cc(F)c(F)c5c4c3N3CC[C@H]4CN(C)C[C@H]43)cc2c1=O. The number of aromatic amines is 1. The summed E-state index contributed by atoms with van der Waals surface area (Å²) in [5.41, 5.74) is -0.914. The van der Waals surface area contributed by atoms with Crippen LogP contribution in [0.15, 0.2) is 35.5 Å². The number of hydrogen-bond donors (Lipinski definition) is 1. The summed E-state index contributed by atoms with van der Waals surface area (Å²) in [5, 5.41) is 1.24. The number of pyridine rings is 3. The number of anilines is 2. The van der Waals surface area contributed by atoms with Crippen molar-refractivity contribution in [1.82, 2.24) is 24.5 Å². The molecule has 0 unspecified atom stereocenters. The topological polar surface area (TPSA) is 155 Å². The van der Waals surface area contributed by atoms with Crippen LogP contribution in [0.1, 0.15) is 65.2 Å². The third-order valence-corrected chi connectivity index (χ3v) is 10.4. The van der Waals surface area contributed by atoms with Crippen LogP contribution < -0.4 is 20.2 Å². The number of esters is 1. The molecule has 0 saturated carbocycles. The zero-order valence-corrected chi connectivity index (χ0v) is 34.3. The van der Waals surface area contributed by atoms with E-state index in [0.717, 1.165) is 28.9 Å². The van der Waals surface area contributed by atoms with E-state index in [-0.39, 0.29) is 56.9 Å². The fourth-order valence-corrected chi connectivity index (χ4v) is 7.92. The molecule has 2 fully saturated rings. The number of halogens is 2. The molecular formula is C41H48F2N8O7. The van der Waals surface area contributed by atoms with Crippen LogP contribution in [-0.4, -0.2) is 107 Å². The number of hydrogen-bond acceptors (Lipinski definition) is 11. The van der Waals surface area contributed by atoms with Gasteiger partial charge in [-0.15, -0.1) is 0 Å². The molecule has 7 rings (SSSR count). The number of H-pyrrole nitrogens is 1. The summed E-state index contributed by atoms with van der Waals surface area (Å²) in [6.07, 6.45) is 3.56. The fraction of sp³-hybridized carbons (Fsp3) is 0.463. The van der Waals surface area contributed by atoms with E-state index in [2.05, 4.69) is 19.8 Å². The van der Waals surface area contributed by atoms with Crippen LogP contribution in [0.3, 0.4) is 0 Å². The van der Waals surface area contributed by atoms with Gasteiger partial charge in [-0.2, -0.15) is 0 Å². The number of aromatic nitrogens is 4. The highest BCUT2D eigenvalue weighted by Gasteiger charge is 2.42. The predicted octanol–water partition coefficient (Wildman–Crippen LogP) is 6.56. The number of nitrogens with one attached hydrogen (secondary N) is 1. The smallest absolute Gasteiger partial charge is 0.429 e. The van der Waals surface area contributed by atoms with E-state index in [1.165, 1.54) is 31.2 Å². The number of likely N-dealkylation sites (N-methyl/N-ethyl adjacent to an activating group) is 1. The van der Waals surface area contributed by atoms with Gasteiger partial charge in [-0.1, -0.05) is 0 Å². The van der Waals surface area contributed by atoms with Gasteiger partial charge in [-0.05, 0) is 73.9 Å². The monoisotopic (exact) mass is 802 g/mol. The number of carbonyl (C=O) groups is 3. The van der Waals surface area contributed by atoms with Crippen molar-refractivity contribution in [1.29, 1.82) is 0 Å². The summed E-state index contributed by atoms with van der Waals surface area (Å²) >= 11 is 0. The molecule has 17 heteroatoms. The lowest BCUT2D eigenvalue weighted by Crippen LogP contribution is -2.42. The Hall–Kier alpha value is -5.84. The van der Waals surface area contributed by atoms with Gasteiger partial charge in [0.15, 0.2) is 17.3 Å². The molecule has 0 spiro atoms. The normalized spacial score (nSPS) is 17.3. The first-order chi connectivity index (χ1) is 27.2. The maximum Gasteiger partial charge on any atom is 0.429 e. The Balaban J connectivity index is 1.50. The molecule has 1 aromatic carbocycles. The van der Waals surface area contributed by atoms with Crippen LogP contribution in [-0.2, 0) is 14.2 Å². The van der Waals surface area contributed by atoms with Crippen LogP contribution in [0.4, 0.5) is 29.7 Å². The summed E-state index contributed by atoms with van der Waals surface area (Å²) < 4.78 is 49.8. The molecule has 15 nitrogen and oxygen atoms in total. The van der Waals surface area contributed by atoms with E-state index >= 15 is 8.78 Å². The van der Waals surface area contributed by atoms with Crippen molar-refractivity contribution >= 4 is 62.5 Å². The largest absolute Gasteiger partial charge is 0.462 e. The summed E-state index contributed by atoms with van der Waals surface area (Å²) in [6.45, 7) is 14.0. The van der Waals surface area contributed by atoms with Crippen molar-refractivity contribution in [2.24, 2.45) is 5.92 Å². The quantitative estimate of drug-likeness (QED) is 0.147. The van der Waals surface area contributed by atoms with E-state index in [1.807, 2.05) is 7.05 Å². The minimum absolute atomic E-state index is 0.00312. The van der Waals surface area contributed by atoms with Crippen LogP contribution >= 0.6 is 0 Å². The standard InChI is InChI=1S/C41H48F2N8O7/c1-11-56-37(53)25-19-51(49(10)39(55)58-41(5,6)7)36-23(34(25)52)14-22(16-45-36)24-17-44-35-30(33(24)50-13-12-21-18-47(8)20-28(21)50)29-31(43)26(42)15-27(32(29)46-35)48(9)38(54)57-40(2,3)4/h14-17,19,21,28H,11-13,18,20H2,1-10H3,(H,44,46)/t21-,28+/m0/s1. The van der Waals surface area contributed by atoms with E-state index in [1.54, 1.807) is 60.7 Å². The molecule has 2 atom stereocenters. The van der Waals surface area contributed by atoms with Gasteiger partial charge in [0.2, 0.25) is 5.43 Å². The molecule has 5 aromatic rings. The van der Waals surface area contributed by atoms with Gasteiger partial charge in [-0.3, -0.25) is 9.69 Å². The summed E-state index contributed by atoms with van der Waals surface area (Å²) in [4.78, 5) is 71.9. The van der Waals surface area contributed by atoms with Crippen LogP contribution in [0, 0.1) is 17.6 Å². The molecule has 4 aromatic heterocycles. The third kappa shape index (κ3) is 7.16. The molecule has 2 aliphatic rings. The van der Waals surface area contributed by atoms with Crippen LogP contribution in [0.2, 0.25) is 0 Å². The highest BCUT2D eigenvalue weighted by atomic mass is 19.2. The molecule has 0 radical (unpaired) electrons. The summed E-state index contributed by atoms with van der Waals surface area (Å²) in [6, 6.07) is 2.49. The van der Waals surface area contributed by atoms with E-state index in [0.29, 0.717) is 35.8 Å². The molecule has 6 heterocycles. The van der Waals surface area contributed by atoms with Crippen molar-refractivity contribution in [2.75, 3.05) is 62.2 Å². The van der Waals surface area contributed by atoms with E-state index < -0.39 is 46.4 Å². The highest BCUT2D eigenvalue weighted by molar-refractivity contribution is 6.19. The average molecular weight is 803 g/mol. The predicted molar refractivity (Wildman–Crippen MR) is 216 cm³/mol. The number of carbonyl (C=O) groups excluding carboxylic acids is 3. The minimum Gasteiger partial charge on any atom is -0.462 e. The van der Waals surface area contributed by atoms with Crippen molar-refractivity contribution in [3.8, 4) is 11.1 Å². The highest BCUT2D eigenvalue weighted by Crippen LogP contribution is 2.47. The lowest BCUT2D eigenvalue weighted by molar-refractivity contribution is 0.0513. The second kappa shape index (κ2) is 14.5. The van der Waals surface area contributed by atoms with Gasteiger partial charge in [0.1, 0.15) is 22.4 Å². The van der Waals surface area contributed by atoms with Crippen molar-refractivity contribution in [3.05, 3.63) is 58.1 Å². The molecular weight excluding hydrogens is 754 g/mol. The first-order valence-corrected chi connectivity index (χ1v) is 19.1. The Labute approximate surface area is 333 Å². The third-order valence-electron chi connectivity index (χ3n) is 10.4. The van der Waals surface area contributed by atoms with Crippen molar-refractivity contribution in [3.63, 3.8) is 0 Å². The van der Waals surface area contributed by atoms with Crippen molar-refractivity contribution < 1.29 is 37.4 Å². The molecule has 1 N–H and O–H groups in total. The first-order valence-electron chi connectivity index (χ1n) is 19.1. The maximum atomic E-state index is 16.4. The lowest BCUT2D eigenvalue weighted by Gasteiger charge is -2.29. The van der Waals surface area contributed by atoms with Gasteiger partial charge in [0.05, 0.1) is 39.7 Å². The number of benzene rings is 1. The minimum atomic E-state index is -1.18. The zero-order valence-electron chi connectivity index (χ0n) is 34.3. The molecule has 2 aliphatic heterocycles. The second-order valence-electron chi connectivity index (χ2n) is 16.9. The van der Waals surface area contributed by atoms with Gasteiger partial charge in [0, 0.05) is 75.6 Å². The number of nitrogens with zero attached hydrogens (tertiary/aromatic N) is 7. The summed E-state index contributed by atoms with van der Waals surface area (Å²) in [5.74, 6) is -2.92. The van der Waals surface area contributed by atoms with Gasteiger partial charge < -0.3 is 29.0 Å². The van der Waals surface area contributed by atoms with E-state index in [4.69, 9.17) is 19.2 Å². The number of ether oxygens (including phenoxy) is 3. The number of amides is 2. The molecule has 0 aliphatic carbocycles. The Morgan fingerprint density at radius 1 is 0.966 bits per heavy atom. The Kier molecular flexibility index (Phi) is 10.1. The average Bonchev–Trinajstić information content (AvgIpc) is 3.83. The molecule has 0 bridgehead atoms. The lowest BCUT2D eigenvalue weighted by atomic mass is 9.99. The molecule has 58 heavy (non-hydrogen) atoms.